The molecule has 2 rings (SSSR count). The van der Waals surface area contributed by atoms with Gasteiger partial charge in [0, 0.05) is 36.4 Å². The summed E-state index contributed by atoms with van der Waals surface area (Å²) in [5, 5.41) is 3.44. The maximum Gasteiger partial charge on any atom is 0.0641 e. The summed E-state index contributed by atoms with van der Waals surface area (Å²) >= 11 is 3.69. The highest BCUT2D eigenvalue weighted by molar-refractivity contribution is 9.10. The topological polar surface area (TPSA) is 24.5 Å². The molecule has 1 aliphatic rings. The summed E-state index contributed by atoms with van der Waals surface area (Å²) in [5.74, 6) is 0. The fourth-order valence-corrected chi connectivity index (χ4v) is 2.79. The maximum absolute atomic E-state index is 5.50. The molecule has 1 aliphatic heterocycles. The lowest BCUT2D eigenvalue weighted by molar-refractivity contribution is 0.152. The van der Waals surface area contributed by atoms with Crippen molar-refractivity contribution in [3.8, 4) is 0 Å². The van der Waals surface area contributed by atoms with Crippen LogP contribution in [-0.4, -0.2) is 32.8 Å². The van der Waals surface area contributed by atoms with Crippen molar-refractivity contribution >= 4 is 21.6 Å². The first-order valence-corrected chi connectivity index (χ1v) is 7.92. The molecule has 1 saturated heterocycles. The van der Waals surface area contributed by atoms with Crippen molar-refractivity contribution in [2.75, 3.05) is 37.7 Å². The van der Waals surface area contributed by atoms with Crippen LogP contribution in [0, 0.1) is 0 Å². The zero-order valence-electron chi connectivity index (χ0n) is 11.6. The van der Waals surface area contributed by atoms with Gasteiger partial charge in [0.25, 0.3) is 0 Å². The Morgan fingerprint density at radius 1 is 1.32 bits per heavy atom. The van der Waals surface area contributed by atoms with E-state index >= 15 is 0 Å². The number of rotatable bonds is 5. The van der Waals surface area contributed by atoms with Crippen molar-refractivity contribution in [1.29, 1.82) is 0 Å². The molecule has 0 saturated carbocycles. The Morgan fingerprint density at radius 3 is 3.00 bits per heavy atom. The highest BCUT2D eigenvalue weighted by Crippen LogP contribution is 2.25. The van der Waals surface area contributed by atoms with E-state index in [2.05, 4.69) is 51.3 Å². The minimum absolute atomic E-state index is 0.831. The molecule has 1 fully saturated rings. The highest BCUT2D eigenvalue weighted by Gasteiger charge is 2.11. The summed E-state index contributed by atoms with van der Waals surface area (Å²) in [6.07, 6.45) is 2.28. The number of benzene rings is 1. The molecule has 1 aromatic carbocycles. The highest BCUT2D eigenvalue weighted by atomic mass is 79.9. The van der Waals surface area contributed by atoms with Gasteiger partial charge in [-0.3, -0.25) is 0 Å². The van der Waals surface area contributed by atoms with Gasteiger partial charge in [-0.05, 0) is 37.1 Å². The Morgan fingerprint density at radius 2 is 2.21 bits per heavy atom. The zero-order valence-corrected chi connectivity index (χ0v) is 13.2. The van der Waals surface area contributed by atoms with Gasteiger partial charge in [0.05, 0.1) is 6.61 Å². The van der Waals surface area contributed by atoms with E-state index in [1.807, 2.05) is 0 Å². The molecule has 1 heterocycles. The molecule has 0 unspecified atom stereocenters. The third kappa shape index (κ3) is 4.48. The van der Waals surface area contributed by atoms with Gasteiger partial charge >= 0.3 is 0 Å². The predicted molar refractivity (Wildman–Crippen MR) is 83.8 cm³/mol. The Hall–Kier alpha value is -0.580. The lowest BCUT2D eigenvalue weighted by atomic mass is 10.2. The molecule has 19 heavy (non-hydrogen) atoms. The molecular weight excluding hydrogens is 304 g/mol. The summed E-state index contributed by atoms with van der Waals surface area (Å²) in [4.78, 5) is 2.40. The van der Waals surface area contributed by atoms with Crippen LogP contribution in [0.4, 0.5) is 5.69 Å². The minimum Gasteiger partial charge on any atom is -0.380 e. The van der Waals surface area contributed by atoms with Crippen molar-refractivity contribution in [3.63, 3.8) is 0 Å². The van der Waals surface area contributed by atoms with E-state index in [1.165, 1.54) is 22.1 Å². The molecule has 0 amide bonds. The number of halogens is 1. The van der Waals surface area contributed by atoms with E-state index in [4.69, 9.17) is 4.74 Å². The van der Waals surface area contributed by atoms with E-state index in [9.17, 15) is 0 Å². The van der Waals surface area contributed by atoms with Crippen molar-refractivity contribution < 1.29 is 4.74 Å². The van der Waals surface area contributed by atoms with Gasteiger partial charge in [0.1, 0.15) is 0 Å². The normalized spacial score (nSPS) is 16.4. The average molecular weight is 327 g/mol. The smallest absolute Gasteiger partial charge is 0.0641 e. The Labute approximate surface area is 124 Å². The van der Waals surface area contributed by atoms with Gasteiger partial charge in [0.2, 0.25) is 0 Å². The lowest BCUT2D eigenvalue weighted by Crippen LogP contribution is -2.25. The Kier molecular flexibility index (Phi) is 6.14. The Balaban J connectivity index is 2.00. The summed E-state index contributed by atoms with van der Waals surface area (Å²) in [7, 11) is 0. The molecule has 0 radical (unpaired) electrons. The van der Waals surface area contributed by atoms with Crippen LogP contribution >= 0.6 is 15.9 Å². The Bertz CT molecular complexity index is 390. The molecule has 1 N–H and O–H groups in total. The van der Waals surface area contributed by atoms with E-state index in [-0.39, 0.29) is 0 Å². The standard InChI is InChI=1S/C15H23BrN2O/c1-2-6-17-12-13-4-5-14(11-15(13)16)18-7-3-9-19-10-8-18/h4-5,11,17H,2-3,6-10,12H2,1H3. The van der Waals surface area contributed by atoms with Crippen LogP contribution in [0.5, 0.6) is 0 Å². The largest absolute Gasteiger partial charge is 0.380 e. The van der Waals surface area contributed by atoms with E-state index in [0.717, 1.165) is 45.8 Å². The molecule has 0 aromatic heterocycles. The van der Waals surface area contributed by atoms with Crippen molar-refractivity contribution in [2.45, 2.75) is 26.3 Å². The van der Waals surface area contributed by atoms with Gasteiger partial charge in [-0.1, -0.05) is 28.9 Å². The summed E-state index contributed by atoms with van der Waals surface area (Å²) in [6.45, 7) is 7.97. The fraction of sp³-hybridized carbons (Fsp3) is 0.600. The summed E-state index contributed by atoms with van der Waals surface area (Å²) < 4.78 is 6.70. The van der Waals surface area contributed by atoms with E-state index < -0.39 is 0 Å². The van der Waals surface area contributed by atoms with E-state index in [1.54, 1.807) is 0 Å². The van der Waals surface area contributed by atoms with E-state index in [0.29, 0.717) is 0 Å². The number of anilines is 1. The molecule has 0 bridgehead atoms. The van der Waals surface area contributed by atoms with Gasteiger partial charge in [-0.15, -0.1) is 0 Å². The van der Waals surface area contributed by atoms with Crippen molar-refractivity contribution in [2.24, 2.45) is 0 Å². The molecule has 4 heteroatoms. The number of ether oxygens (including phenoxy) is 1. The van der Waals surface area contributed by atoms with Crippen LogP contribution in [0.3, 0.4) is 0 Å². The third-order valence-corrected chi connectivity index (χ3v) is 4.10. The number of hydrogen-bond acceptors (Lipinski definition) is 3. The van der Waals surface area contributed by atoms with Gasteiger partial charge < -0.3 is 15.0 Å². The second-order valence-electron chi connectivity index (χ2n) is 4.91. The van der Waals surface area contributed by atoms with Gasteiger partial charge in [0.15, 0.2) is 0 Å². The first-order valence-electron chi connectivity index (χ1n) is 7.13. The summed E-state index contributed by atoms with van der Waals surface area (Å²) in [5.41, 5.74) is 2.61. The first-order chi connectivity index (χ1) is 9.31. The predicted octanol–water partition coefficient (Wildman–Crippen LogP) is 3.18. The maximum atomic E-state index is 5.50. The first kappa shape index (κ1) is 14.8. The second kappa shape index (κ2) is 7.88. The van der Waals surface area contributed by atoms with Crippen LogP contribution in [0.2, 0.25) is 0 Å². The molecule has 0 atom stereocenters. The number of hydrogen-bond donors (Lipinski definition) is 1. The van der Waals surface area contributed by atoms with Gasteiger partial charge in [-0.25, -0.2) is 0 Å². The molecule has 1 aromatic rings. The summed E-state index contributed by atoms with van der Waals surface area (Å²) in [6, 6.07) is 6.67. The SMILES string of the molecule is CCCNCc1ccc(N2CCCOCC2)cc1Br. The third-order valence-electron chi connectivity index (χ3n) is 3.37. The molecule has 3 nitrogen and oxygen atoms in total. The molecule has 0 spiro atoms. The minimum atomic E-state index is 0.831. The average Bonchev–Trinajstić information content (AvgIpc) is 2.70. The lowest BCUT2D eigenvalue weighted by Gasteiger charge is -2.22. The molecule has 0 aliphatic carbocycles. The number of nitrogens with one attached hydrogen (secondary N) is 1. The quantitative estimate of drug-likeness (QED) is 0.841. The molecular formula is C15H23BrN2O. The van der Waals surface area contributed by atoms with Crippen LogP contribution in [-0.2, 0) is 11.3 Å². The zero-order chi connectivity index (χ0) is 13.5. The van der Waals surface area contributed by atoms with Crippen molar-refractivity contribution in [3.05, 3.63) is 28.2 Å². The van der Waals surface area contributed by atoms with Crippen LogP contribution in [0.15, 0.2) is 22.7 Å². The second-order valence-corrected chi connectivity index (χ2v) is 5.76. The van der Waals surface area contributed by atoms with Gasteiger partial charge in [-0.2, -0.15) is 0 Å². The number of nitrogens with zero attached hydrogens (tertiary/aromatic N) is 1. The monoisotopic (exact) mass is 326 g/mol. The fourth-order valence-electron chi connectivity index (χ4n) is 2.28. The van der Waals surface area contributed by atoms with Crippen molar-refractivity contribution in [1.82, 2.24) is 5.32 Å². The van der Waals surface area contributed by atoms with Crippen LogP contribution in [0.1, 0.15) is 25.3 Å². The van der Waals surface area contributed by atoms with Crippen LogP contribution in [0.25, 0.3) is 0 Å². The van der Waals surface area contributed by atoms with Crippen LogP contribution < -0.4 is 10.2 Å². The molecule has 106 valence electrons.